The highest BCUT2D eigenvalue weighted by Crippen LogP contribution is 2.18. The van der Waals surface area contributed by atoms with E-state index in [1.807, 2.05) is 0 Å². The molecule has 1 aliphatic rings. The van der Waals surface area contributed by atoms with Gasteiger partial charge in [0.25, 0.3) is 0 Å². The van der Waals surface area contributed by atoms with Crippen LogP contribution in [0.4, 0.5) is 4.79 Å². The molecule has 0 atom stereocenters. The molecular weight excluding hydrogens is 118 g/mol. The predicted molar refractivity (Wildman–Crippen MR) is 32.4 cm³/mol. The molecule has 1 aliphatic carbocycles. The lowest BCUT2D eigenvalue weighted by Gasteiger charge is -2.02. The Bertz CT molecular complexity index is 108. The second kappa shape index (κ2) is 2.71. The Balaban J connectivity index is 2.19. The number of hydrogen-bond donors (Lipinski definition) is 1. The fourth-order valence-electron chi connectivity index (χ4n) is 1.19. The summed E-state index contributed by atoms with van der Waals surface area (Å²) in [6.45, 7) is 0. The summed E-state index contributed by atoms with van der Waals surface area (Å²) in [6.07, 6.45) is 3.20. The third kappa shape index (κ3) is 1.91. The molecule has 1 N–H and O–H groups in total. The molecule has 0 bridgehead atoms. The van der Waals surface area contributed by atoms with Gasteiger partial charge in [0.2, 0.25) is 0 Å². The molecular formula is C6H10NO2. The molecule has 1 fully saturated rings. The minimum Gasteiger partial charge on any atom is -0.464 e. The van der Waals surface area contributed by atoms with Gasteiger partial charge >= 0.3 is 6.09 Å². The molecule has 0 spiro atoms. The first-order valence-corrected chi connectivity index (χ1v) is 3.23. The van der Waals surface area contributed by atoms with Crippen LogP contribution in [-0.4, -0.2) is 17.2 Å². The fourth-order valence-corrected chi connectivity index (χ4v) is 1.19. The second-order valence-corrected chi connectivity index (χ2v) is 2.35. The number of carboxylic acid groups (broad SMARTS) is 1. The summed E-state index contributed by atoms with van der Waals surface area (Å²) >= 11 is 0. The Morgan fingerprint density at radius 3 is 2.44 bits per heavy atom. The number of rotatable bonds is 1. The van der Waals surface area contributed by atoms with Crippen molar-refractivity contribution >= 4 is 6.09 Å². The molecule has 0 heterocycles. The van der Waals surface area contributed by atoms with Crippen LogP contribution in [-0.2, 0) is 0 Å². The van der Waals surface area contributed by atoms with Crippen LogP contribution in [0.3, 0.4) is 0 Å². The number of nitrogens with zero attached hydrogens (tertiary/aromatic N) is 1. The molecule has 3 heteroatoms. The molecule has 0 aromatic carbocycles. The molecule has 1 rings (SSSR count). The van der Waals surface area contributed by atoms with E-state index in [0.717, 1.165) is 25.7 Å². The standard InChI is InChI=1S/C6H10NO2/c8-6(9)7-5-3-1-2-4-5/h5H,1-4H2,(H,8,9). The van der Waals surface area contributed by atoms with Crippen molar-refractivity contribution in [1.82, 2.24) is 5.32 Å². The molecule has 1 saturated carbocycles. The summed E-state index contributed by atoms with van der Waals surface area (Å²) in [5.41, 5.74) is 0. The van der Waals surface area contributed by atoms with Crippen molar-refractivity contribution in [3.8, 4) is 0 Å². The van der Waals surface area contributed by atoms with Crippen molar-refractivity contribution in [2.75, 3.05) is 0 Å². The average molecular weight is 128 g/mol. The van der Waals surface area contributed by atoms with E-state index >= 15 is 0 Å². The molecule has 1 radical (unpaired) electrons. The van der Waals surface area contributed by atoms with Gasteiger partial charge in [0, 0.05) is 0 Å². The Morgan fingerprint density at radius 2 is 2.00 bits per heavy atom. The van der Waals surface area contributed by atoms with Crippen LogP contribution in [0.25, 0.3) is 0 Å². The summed E-state index contributed by atoms with van der Waals surface area (Å²) in [7, 11) is 0. The molecule has 0 aliphatic heterocycles. The summed E-state index contributed by atoms with van der Waals surface area (Å²) in [6, 6.07) is 0.113. The van der Waals surface area contributed by atoms with E-state index in [4.69, 9.17) is 5.11 Å². The summed E-state index contributed by atoms with van der Waals surface area (Å²) in [5.74, 6) is 0. The smallest absolute Gasteiger partial charge is 0.426 e. The van der Waals surface area contributed by atoms with Crippen molar-refractivity contribution in [3.05, 3.63) is 0 Å². The van der Waals surface area contributed by atoms with E-state index in [0.29, 0.717) is 0 Å². The zero-order chi connectivity index (χ0) is 6.69. The van der Waals surface area contributed by atoms with Crippen molar-refractivity contribution < 1.29 is 9.90 Å². The van der Waals surface area contributed by atoms with Crippen LogP contribution in [0.2, 0.25) is 0 Å². The Morgan fingerprint density at radius 1 is 1.44 bits per heavy atom. The highest BCUT2D eigenvalue weighted by molar-refractivity contribution is 5.64. The van der Waals surface area contributed by atoms with Crippen molar-refractivity contribution in [2.24, 2.45) is 0 Å². The van der Waals surface area contributed by atoms with Crippen molar-refractivity contribution in [1.29, 1.82) is 0 Å². The van der Waals surface area contributed by atoms with Crippen LogP contribution < -0.4 is 5.32 Å². The Labute approximate surface area is 54.1 Å². The first-order valence-electron chi connectivity index (χ1n) is 3.23. The van der Waals surface area contributed by atoms with E-state index in [1.54, 1.807) is 0 Å². The van der Waals surface area contributed by atoms with E-state index in [1.165, 1.54) is 0 Å². The van der Waals surface area contributed by atoms with Crippen molar-refractivity contribution in [2.45, 2.75) is 31.7 Å². The average Bonchev–Trinajstić information content (AvgIpc) is 2.15. The third-order valence-corrected chi connectivity index (χ3v) is 1.62. The molecule has 0 saturated heterocycles. The van der Waals surface area contributed by atoms with Crippen LogP contribution in [0.5, 0.6) is 0 Å². The summed E-state index contributed by atoms with van der Waals surface area (Å²) in [4.78, 5) is 9.99. The van der Waals surface area contributed by atoms with E-state index < -0.39 is 6.09 Å². The predicted octanol–water partition coefficient (Wildman–Crippen LogP) is 1.21. The van der Waals surface area contributed by atoms with Gasteiger partial charge in [-0.2, -0.15) is 0 Å². The Kier molecular flexibility index (Phi) is 1.92. The molecule has 51 valence electrons. The van der Waals surface area contributed by atoms with E-state index in [2.05, 4.69) is 5.32 Å². The molecule has 0 aromatic heterocycles. The summed E-state index contributed by atoms with van der Waals surface area (Å²) < 4.78 is 0. The number of amides is 1. The van der Waals surface area contributed by atoms with Gasteiger partial charge in [-0.3, -0.25) is 0 Å². The molecule has 3 nitrogen and oxygen atoms in total. The fraction of sp³-hybridized carbons (Fsp3) is 0.833. The zero-order valence-corrected chi connectivity index (χ0v) is 5.21. The molecule has 0 unspecified atom stereocenters. The molecule has 1 amide bonds. The number of hydrogen-bond acceptors (Lipinski definition) is 1. The number of carbonyl (C=O) groups is 1. The molecule has 9 heavy (non-hydrogen) atoms. The lowest BCUT2D eigenvalue weighted by atomic mass is 10.3. The van der Waals surface area contributed by atoms with Gasteiger partial charge in [-0.1, -0.05) is 12.8 Å². The van der Waals surface area contributed by atoms with Gasteiger partial charge in [0.1, 0.15) is 0 Å². The van der Waals surface area contributed by atoms with Gasteiger partial charge in [-0.25, -0.2) is 10.1 Å². The van der Waals surface area contributed by atoms with Gasteiger partial charge in [0.05, 0.1) is 6.04 Å². The minimum atomic E-state index is -1.01. The first kappa shape index (κ1) is 6.39. The van der Waals surface area contributed by atoms with Crippen molar-refractivity contribution in [3.63, 3.8) is 0 Å². The largest absolute Gasteiger partial charge is 0.464 e. The van der Waals surface area contributed by atoms with Crippen LogP contribution in [0, 0.1) is 0 Å². The Hall–Kier alpha value is -0.730. The van der Waals surface area contributed by atoms with Gasteiger partial charge in [-0.05, 0) is 12.8 Å². The monoisotopic (exact) mass is 128 g/mol. The van der Waals surface area contributed by atoms with Crippen LogP contribution in [0.1, 0.15) is 25.7 Å². The van der Waals surface area contributed by atoms with Crippen LogP contribution in [0.15, 0.2) is 0 Å². The summed E-state index contributed by atoms with van der Waals surface area (Å²) in [5, 5.41) is 11.7. The lowest BCUT2D eigenvalue weighted by Crippen LogP contribution is -2.23. The lowest BCUT2D eigenvalue weighted by molar-refractivity contribution is 0.188. The maximum atomic E-state index is 9.99. The quantitative estimate of drug-likeness (QED) is 0.577. The normalized spacial score (nSPS) is 20.0. The van der Waals surface area contributed by atoms with Gasteiger partial charge in [-0.15, -0.1) is 0 Å². The SMILES string of the molecule is O=C(O)[N]C1CCCC1. The zero-order valence-electron chi connectivity index (χ0n) is 5.21. The maximum absolute atomic E-state index is 9.99. The highest BCUT2D eigenvalue weighted by atomic mass is 16.4. The maximum Gasteiger partial charge on any atom is 0.426 e. The molecule has 0 aromatic rings. The topological polar surface area (TPSA) is 51.4 Å². The minimum absolute atomic E-state index is 0.113. The van der Waals surface area contributed by atoms with Gasteiger partial charge < -0.3 is 5.11 Å². The first-order chi connectivity index (χ1) is 4.29. The third-order valence-electron chi connectivity index (χ3n) is 1.62. The highest BCUT2D eigenvalue weighted by Gasteiger charge is 2.17. The second-order valence-electron chi connectivity index (χ2n) is 2.35. The van der Waals surface area contributed by atoms with Gasteiger partial charge in [0.15, 0.2) is 0 Å². The van der Waals surface area contributed by atoms with Crippen LogP contribution >= 0.6 is 0 Å². The van der Waals surface area contributed by atoms with E-state index in [9.17, 15) is 4.79 Å². The van der Waals surface area contributed by atoms with E-state index in [-0.39, 0.29) is 6.04 Å².